The Labute approximate surface area is 219 Å². The van der Waals surface area contributed by atoms with Crippen molar-refractivity contribution in [3.05, 3.63) is 19.3 Å². The number of unbranched alkanes of at least 4 members (excludes halogenated alkanes) is 6. The number of ether oxygens (including phenoxy) is 4. The van der Waals surface area contributed by atoms with E-state index in [9.17, 15) is 9.59 Å². The maximum Gasteiger partial charge on any atom is 0.305 e. The Morgan fingerprint density at radius 3 is 1.41 bits per heavy atom. The molecule has 0 aliphatic carbocycles. The van der Waals surface area contributed by atoms with Crippen molar-refractivity contribution in [2.45, 2.75) is 78.1 Å². The molecule has 0 aliphatic rings. The summed E-state index contributed by atoms with van der Waals surface area (Å²) in [4.78, 5) is 22.6. The molecule has 0 saturated carbocycles. The number of benzene rings is 1. The lowest BCUT2D eigenvalue weighted by Crippen LogP contribution is -2.04. The van der Waals surface area contributed by atoms with Crippen LogP contribution >= 0.6 is 45.2 Å². The minimum Gasteiger partial charge on any atom is -0.492 e. The third-order valence-electron chi connectivity index (χ3n) is 4.66. The molecule has 0 N–H and O–H groups in total. The van der Waals surface area contributed by atoms with Crippen molar-refractivity contribution in [2.24, 2.45) is 0 Å². The molecular weight excluding hydrogens is 638 g/mol. The zero-order chi connectivity index (χ0) is 23.6. The molecule has 32 heavy (non-hydrogen) atoms. The second-order valence-electron chi connectivity index (χ2n) is 7.35. The normalized spacial score (nSPS) is 10.6. The summed E-state index contributed by atoms with van der Waals surface area (Å²) in [5.41, 5.74) is 0. The molecule has 0 fully saturated rings. The highest BCUT2D eigenvalue weighted by Crippen LogP contribution is 2.31. The summed E-state index contributed by atoms with van der Waals surface area (Å²) in [5, 5.41) is 0. The first-order valence-electron chi connectivity index (χ1n) is 11.5. The van der Waals surface area contributed by atoms with E-state index in [0.29, 0.717) is 39.3 Å². The summed E-state index contributed by atoms with van der Waals surface area (Å²) in [6.45, 7) is 5.89. The second kappa shape index (κ2) is 18.6. The van der Waals surface area contributed by atoms with Gasteiger partial charge in [0.2, 0.25) is 0 Å². The van der Waals surface area contributed by atoms with E-state index in [0.717, 1.165) is 70.0 Å². The van der Waals surface area contributed by atoms with Crippen LogP contribution in [-0.2, 0) is 19.1 Å². The van der Waals surface area contributed by atoms with Crippen molar-refractivity contribution in [3.63, 3.8) is 0 Å². The van der Waals surface area contributed by atoms with Gasteiger partial charge < -0.3 is 18.9 Å². The van der Waals surface area contributed by atoms with Gasteiger partial charge in [0.25, 0.3) is 0 Å². The Balaban J connectivity index is 2.20. The number of rotatable bonds is 18. The highest BCUT2D eigenvalue weighted by atomic mass is 127. The quantitative estimate of drug-likeness (QED) is 0.0984. The van der Waals surface area contributed by atoms with E-state index in [4.69, 9.17) is 18.9 Å². The predicted molar refractivity (Wildman–Crippen MR) is 142 cm³/mol. The second-order valence-corrected chi connectivity index (χ2v) is 9.67. The third kappa shape index (κ3) is 13.7. The number of hydrogen-bond acceptors (Lipinski definition) is 6. The van der Waals surface area contributed by atoms with E-state index in [1.807, 2.05) is 26.0 Å². The standard InChI is InChI=1S/C24H36I2O6/c1-3-29-23(27)13-9-5-7-11-15-31-21-17-20(26)22(18-19(21)25)32-16-12-8-6-10-14-24(28)30-4-2/h17-18H,3-16H2,1-2H3. The molecule has 182 valence electrons. The highest BCUT2D eigenvalue weighted by Gasteiger charge is 2.09. The van der Waals surface area contributed by atoms with Gasteiger partial charge in [0.05, 0.1) is 33.6 Å². The van der Waals surface area contributed by atoms with Crippen LogP contribution in [0.3, 0.4) is 0 Å². The van der Waals surface area contributed by atoms with Crippen molar-refractivity contribution < 1.29 is 28.5 Å². The molecule has 0 amide bonds. The first-order valence-corrected chi connectivity index (χ1v) is 13.7. The average molecular weight is 674 g/mol. The van der Waals surface area contributed by atoms with Gasteiger partial charge in [0, 0.05) is 12.8 Å². The number of carbonyl (C=O) groups excluding carboxylic acids is 2. The molecule has 1 aromatic carbocycles. The Morgan fingerprint density at radius 2 is 1.03 bits per heavy atom. The fraction of sp³-hybridized carbons (Fsp3) is 0.667. The summed E-state index contributed by atoms with van der Waals surface area (Å²) in [6.07, 6.45) is 8.74. The van der Waals surface area contributed by atoms with Gasteiger partial charge in [-0.25, -0.2) is 0 Å². The topological polar surface area (TPSA) is 71.1 Å². The smallest absolute Gasteiger partial charge is 0.305 e. The lowest BCUT2D eigenvalue weighted by atomic mass is 10.1. The Morgan fingerprint density at radius 1 is 0.656 bits per heavy atom. The van der Waals surface area contributed by atoms with Crippen LogP contribution in [0.1, 0.15) is 78.1 Å². The average Bonchev–Trinajstić information content (AvgIpc) is 2.75. The van der Waals surface area contributed by atoms with Crippen molar-refractivity contribution in [3.8, 4) is 11.5 Å². The number of esters is 2. The van der Waals surface area contributed by atoms with Gasteiger partial charge in [0.1, 0.15) is 11.5 Å². The van der Waals surface area contributed by atoms with Gasteiger partial charge in [0.15, 0.2) is 0 Å². The van der Waals surface area contributed by atoms with Crippen LogP contribution < -0.4 is 9.47 Å². The number of halogens is 2. The van der Waals surface area contributed by atoms with Crippen LogP contribution in [0.15, 0.2) is 12.1 Å². The van der Waals surface area contributed by atoms with Gasteiger partial charge >= 0.3 is 11.9 Å². The molecule has 0 atom stereocenters. The monoisotopic (exact) mass is 674 g/mol. The molecular formula is C24H36I2O6. The van der Waals surface area contributed by atoms with E-state index in [1.165, 1.54) is 0 Å². The fourth-order valence-electron chi connectivity index (χ4n) is 3.01. The van der Waals surface area contributed by atoms with Gasteiger partial charge in [-0.2, -0.15) is 0 Å². The van der Waals surface area contributed by atoms with Gasteiger partial charge in [-0.15, -0.1) is 0 Å². The first-order chi connectivity index (χ1) is 15.5. The van der Waals surface area contributed by atoms with E-state index >= 15 is 0 Å². The summed E-state index contributed by atoms with van der Waals surface area (Å²) in [7, 11) is 0. The molecule has 0 aliphatic heterocycles. The summed E-state index contributed by atoms with van der Waals surface area (Å²) in [5.74, 6) is 1.55. The largest absolute Gasteiger partial charge is 0.492 e. The van der Waals surface area contributed by atoms with Crippen LogP contribution in [0.4, 0.5) is 0 Å². The maximum atomic E-state index is 11.3. The maximum absolute atomic E-state index is 11.3. The fourth-order valence-corrected chi connectivity index (χ4v) is 4.20. The van der Waals surface area contributed by atoms with Crippen LogP contribution in [-0.4, -0.2) is 38.4 Å². The van der Waals surface area contributed by atoms with Crippen LogP contribution in [0.25, 0.3) is 0 Å². The SMILES string of the molecule is CCOC(=O)CCCCCCOc1cc(I)c(OCCCCCCC(=O)OCC)cc1I. The van der Waals surface area contributed by atoms with Crippen LogP contribution in [0.5, 0.6) is 11.5 Å². The number of carbonyl (C=O) groups is 2. The first kappa shape index (κ1) is 29.3. The lowest BCUT2D eigenvalue weighted by Gasteiger charge is -2.13. The molecule has 0 bridgehead atoms. The highest BCUT2D eigenvalue weighted by molar-refractivity contribution is 14.1. The van der Waals surface area contributed by atoms with Crippen LogP contribution in [0, 0.1) is 7.14 Å². The molecule has 8 heteroatoms. The molecule has 0 spiro atoms. The lowest BCUT2D eigenvalue weighted by molar-refractivity contribution is -0.144. The zero-order valence-corrected chi connectivity index (χ0v) is 23.6. The third-order valence-corrected chi connectivity index (χ3v) is 6.35. The van der Waals surface area contributed by atoms with E-state index < -0.39 is 0 Å². The minimum absolute atomic E-state index is 0.107. The summed E-state index contributed by atoms with van der Waals surface area (Å²) >= 11 is 4.56. The van der Waals surface area contributed by atoms with Crippen molar-refractivity contribution >= 4 is 57.1 Å². The Kier molecular flexibility index (Phi) is 17.0. The van der Waals surface area contributed by atoms with E-state index in [1.54, 1.807) is 0 Å². The molecule has 1 aromatic rings. The Hall–Kier alpha value is -0.780. The Bertz CT molecular complexity index is 623. The van der Waals surface area contributed by atoms with Gasteiger partial charge in [-0.1, -0.05) is 25.7 Å². The van der Waals surface area contributed by atoms with Crippen LogP contribution in [0.2, 0.25) is 0 Å². The van der Waals surface area contributed by atoms with Gasteiger partial charge in [-0.3, -0.25) is 9.59 Å². The van der Waals surface area contributed by atoms with Crippen molar-refractivity contribution in [1.29, 1.82) is 0 Å². The zero-order valence-electron chi connectivity index (χ0n) is 19.3. The molecule has 0 saturated heterocycles. The molecule has 1 rings (SSSR count). The molecule has 6 nitrogen and oxygen atoms in total. The predicted octanol–water partition coefficient (Wildman–Crippen LogP) is 6.68. The van der Waals surface area contributed by atoms with Gasteiger partial charge in [-0.05, 0) is 96.8 Å². The van der Waals surface area contributed by atoms with Crippen molar-refractivity contribution in [2.75, 3.05) is 26.4 Å². The summed E-state index contributed by atoms with van der Waals surface area (Å²) < 4.78 is 23.8. The molecule has 0 unspecified atom stereocenters. The molecule has 0 aromatic heterocycles. The minimum atomic E-state index is -0.107. The molecule has 0 radical (unpaired) electrons. The summed E-state index contributed by atoms with van der Waals surface area (Å²) in [6, 6.07) is 4.05. The van der Waals surface area contributed by atoms with E-state index in [-0.39, 0.29) is 11.9 Å². The number of hydrogen-bond donors (Lipinski definition) is 0. The van der Waals surface area contributed by atoms with Crippen molar-refractivity contribution in [1.82, 2.24) is 0 Å². The van der Waals surface area contributed by atoms with E-state index in [2.05, 4.69) is 45.2 Å². The molecule has 0 heterocycles.